The second kappa shape index (κ2) is 9.91. The predicted molar refractivity (Wildman–Crippen MR) is 127 cm³/mol. The van der Waals surface area contributed by atoms with E-state index in [1.165, 1.54) is 26.4 Å². The maximum Gasteiger partial charge on any atom is 0.317 e. The molecule has 8 heteroatoms. The minimum atomic E-state index is -0.961. The van der Waals surface area contributed by atoms with Crippen LogP contribution in [0.25, 0.3) is 16.5 Å². The van der Waals surface area contributed by atoms with Crippen LogP contribution in [0.15, 0.2) is 41.3 Å². The number of hydrogen-bond donors (Lipinski definition) is 0. The van der Waals surface area contributed by atoms with Crippen LogP contribution in [-0.2, 0) is 4.79 Å². The number of methoxy groups -OCH3 is 4. The molecule has 0 radical (unpaired) electrons. The molecule has 0 saturated carbocycles. The van der Waals surface area contributed by atoms with Gasteiger partial charge in [-0.2, -0.15) is 0 Å². The van der Waals surface area contributed by atoms with Gasteiger partial charge in [-0.25, -0.2) is 0 Å². The molecule has 3 rings (SSSR count). The molecule has 0 unspecified atom stereocenters. The highest BCUT2D eigenvalue weighted by Crippen LogP contribution is 2.39. The first-order chi connectivity index (χ1) is 16.2. The van der Waals surface area contributed by atoms with Crippen molar-refractivity contribution in [3.8, 4) is 28.7 Å². The third-order valence-corrected chi connectivity index (χ3v) is 5.42. The third kappa shape index (κ3) is 4.85. The van der Waals surface area contributed by atoms with Crippen LogP contribution in [0.3, 0.4) is 0 Å². The average Bonchev–Trinajstić information content (AvgIpc) is 3.25. The van der Waals surface area contributed by atoms with E-state index in [1.807, 2.05) is 12.1 Å². The van der Waals surface area contributed by atoms with Gasteiger partial charge in [-0.1, -0.05) is 6.58 Å². The van der Waals surface area contributed by atoms with Crippen LogP contribution in [0, 0.1) is 5.41 Å². The molecule has 0 bridgehead atoms. The molecular formula is C26H28O8. The highest BCUT2D eigenvalue weighted by molar-refractivity contribution is 5.87. The molecular weight excluding hydrogens is 440 g/mol. The summed E-state index contributed by atoms with van der Waals surface area (Å²) in [6, 6.07) is 8.30. The molecule has 0 spiro atoms. The zero-order valence-corrected chi connectivity index (χ0v) is 20.1. The van der Waals surface area contributed by atoms with Crippen LogP contribution >= 0.6 is 0 Å². The minimum absolute atomic E-state index is 0.122. The summed E-state index contributed by atoms with van der Waals surface area (Å²) in [4.78, 5) is 24.4. The largest absolute Gasteiger partial charge is 0.496 e. The van der Waals surface area contributed by atoms with Crippen molar-refractivity contribution in [2.45, 2.75) is 20.3 Å². The van der Waals surface area contributed by atoms with Gasteiger partial charge in [0.15, 0.2) is 29.3 Å². The lowest BCUT2D eigenvalue weighted by atomic mass is 9.85. The Morgan fingerprint density at radius 2 is 1.47 bits per heavy atom. The quantitative estimate of drug-likeness (QED) is 0.224. The van der Waals surface area contributed by atoms with E-state index >= 15 is 0 Å². The first-order valence-corrected chi connectivity index (χ1v) is 10.4. The SMILES string of the molecule is C=C(CC(C)(C)C(=O)Oc1cc(C=O)c(OC)cc1OC)c1cc2cc(OC)c(OC)cc2o1. The van der Waals surface area contributed by atoms with Crippen LogP contribution in [0.2, 0.25) is 0 Å². The van der Waals surface area contributed by atoms with Crippen molar-refractivity contribution in [2.75, 3.05) is 28.4 Å². The van der Waals surface area contributed by atoms with Crippen molar-refractivity contribution < 1.29 is 37.7 Å². The Labute approximate surface area is 198 Å². The maximum absolute atomic E-state index is 13.1. The number of benzene rings is 2. The molecule has 0 atom stereocenters. The van der Waals surface area contributed by atoms with Crippen molar-refractivity contribution >= 4 is 28.8 Å². The van der Waals surface area contributed by atoms with Gasteiger partial charge in [0.05, 0.1) is 39.4 Å². The number of esters is 1. The summed E-state index contributed by atoms with van der Waals surface area (Å²) in [5.41, 5.74) is 0.504. The monoisotopic (exact) mass is 468 g/mol. The Morgan fingerprint density at radius 3 is 2.06 bits per heavy atom. The number of fused-ring (bicyclic) bond motifs is 1. The van der Waals surface area contributed by atoms with Gasteiger partial charge in [0.2, 0.25) is 0 Å². The minimum Gasteiger partial charge on any atom is -0.496 e. The van der Waals surface area contributed by atoms with Crippen molar-refractivity contribution in [1.29, 1.82) is 0 Å². The Balaban J connectivity index is 1.82. The van der Waals surface area contributed by atoms with Gasteiger partial charge in [-0.05, 0) is 44.0 Å². The summed E-state index contributed by atoms with van der Waals surface area (Å²) < 4.78 is 32.7. The zero-order valence-electron chi connectivity index (χ0n) is 20.1. The highest BCUT2D eigenvalue weighted by Gasteiger charge is 2.32. The molecule has 1 aromatic heterocycles. The predicted octanol–water partition coefficient (Wildman–Crippen LogP) is 5.31. The van der Waals surface area contributed by atoms with Gasteiger partial charge in [0, 0.05) is 17.5 Å². The molecule has 0 fully saturated rings. The smallest absolute Gasteiger partial charge is 0.317 e. The number of hydrogen-bond acceptors (Lipinski definition) is 8. The summed E-state index contributed by atoms with van der Waals surface area (Å²) in [7, 11) is 5.99. The number of ether oxygens (including phenoxy) is 5. The Hall–Kier alpha value is -3.94. The second-order valence-corrected chi connectivity index (χ2v) is 8.27. The van der Waals surface area contributed by atoms with Crippen molar-refractivity contribution in [2.24, 2.45) is 5.41 Å². The van der Waals surface area contributed by atoms with Crippen LogP contribution < -0.4 is 23.7 Å². The summed E-state index contributed by atoms with van der Waals surface area (Å²) in [5.74, 6) is 1.86. The van der Waals surface area contributed by atoms with E-state index in [1.54, 1.807) is 34.1 Å². The van der Waals surface area contributed by atoms with Gasteiger partial charge in [0.1, 0.15) is 17.1 Å². The normalized spacial score (nSPS) is 11.1. The van der Waals surface area contributed by atoms with E-state index in [0.717, 1.165) is 5.39 Å². The van der Waals surface area contributed by atoms with Crippen molar-refractivity contribution in [3.63, 3.8) is 0 Å². The number of carbonyl (C=O) groups is 2. The Morgan fingerprint density at radius 1 is 0.882 bits per heavy atom. The fraction of sp³-hybridized carbons (Fsp3) is 0.308. The van der Waals surface area contributed by atoms with E-state index in [4.69, 9.17) is 28.1 Å². The number of furan rings is 1. The Kier molecular flexibility index (Phi) is 7.20. The molecule has 1 heterocycles. The molecule has 8 nitrogen and oxygen atoms in total. The summed E-state index contributed by atoms with van der Waals surface area (Å²) >= 11 is 0. The third-order valence-electron chi connectivity index (χ3n) is 5.42. The maximum atomic E-state index is 13.1. The molecule has 180 valence electrons. The average molecular weight is 469 g/mol. The standard InChI is InChI=1S/C26H28O8/c1-15(18-8-16-9-21(30-5)22(31-6)12-20(16)33-18)13-26(2,3)25(28)34-24-10-17(14-27)19(29-4)11-23(24)32-7/h8-12,14H,1,13H2,2-7H3. The van der Waals surface area contributed by atoms with E-state index in [0.29, 0.717) is 40.5 Å². The molecule has 3 aromatic rings. The van der Waals surface area contributed by atoms with Crippen molar-refractivity contribution in [1.82, 2.24) is 0 Å². The van der Waals surface area contributed by atoms with Crippen molar-refractivity contribution in [3.05, 3.63) is 48.2 Å². The number of aldehydes is 1. The van der Waals surface area contributed by atoms with E-state index < -0.39 is 11.4 Å². The number of allylic oxidation sites excluding steroid dienone is 1. The first-order valence-electron chi connectivity index (χ1n) is 10.4. The molecule has 0 aliphatic carbocycles. The molecule has 34 heavy (non-hydrogen) atoms. The summed E-state index contributed by atoms with van der Waals surface area (Å²) in [5, 5.41) is 0.818. The van der Waals surface area contributed by atoms with Gasteiger partial charge in [-0.3, -0.25) is 9.59 Å². The molecule has 0 aliphatic heterocycles. The van der Waals surface area contributed by atoms with E-state index in [-0.39, 0.29) is 23.5 Å². The second-order valence-electron chi connectivity index (χ2n) is 8.27. The van der Waals surface area contributed by atoms with Gasteiger partial charge >= 0.3 is 5.97 Å². The van der Waals surface area contributed by atoms with Crippen LogP contribution in [0.4, 0.5) is 0 Å². The van der Waals surface area contributed by atoms with Gasteiger partial charge < -0.3 is 28.1 Å². The molecule has 0 N–H and O–H groups in total. The molecule has 0 saturated heterocycles. The Bertz CT molecular complexity index is 1190. The van der Waals surface area contributed by atoms with Gasteiger partial charge in [-0.15, -0.1) is 0 Å². The van der Waals surface area contributed by atoms with Crippen LogP contribution in [0.1, 0.15) is 36.4 Å². The lowest BCUT2D eigenvalue weighted by Gasteiger charge is -2.23. The highest BCUT2D eigenvalue weighted by atomic mass is 16.6. The fourth-order valence-electron chi connectivity index (χ4n) is 3.54. The van der Waals surface area contributed by atoms with Crippen LogP contribution in [-0.4, -0.2) is 40.7 Å². The molecule has 0 amide bonds. The summed E-state index contributed by atoms with van der Waals surface area (Å²) in [6.45, 7) is 7.60. The fourth-order valence-corrected chi connectivity index (χ4v) is 3.54. The van der Waals surface area contributed by atoms with Gasteiger partial charge in [0.25, 0.3) is 0 Å². The lowest BCUT2D eigenvalue weighted by molar-refractivity contribution is -0.143. The van der Waals surface area contributed by atoms with E-state index in [2.05, 4.69) is 6.58 Å². The molecule has 0 aliphatic rings. The lowest BCUT2D eigenvalue weighted by Crippen LogP contribution is -2.29. The van der Waals surface area contributed by atoms with Crippen LogP contribution in [0.5, 0.6) is 28.7 Å². The summed E-state index contributed by atoms with van der Waals surface area (Å²) in [6.07, 6.45) is 0.882. The number of rotatable bonds is 10. The van der Waals surface area contributed by atoms with E-state index in [9.17, 15) is 9.59 Å². The molecule has 2 aromatic carbocycles. The topological polar surface area (TPSA) is 93.4 Å². The zero-order chi connectivity index (χ0) is 25.0. The number of carbonyl (C=O) groups excluding carboxylic acids is 2. The first kappa shape index (κ1) is 24.7.